The maximum Gasteiger partial charge on any atom is 0.227 e. The topological polar surface area (TPSA) is 32.3 Å². The van der Waals surface area contributed by atoms with Crippen molar-refractivity contribution in [2.45, 2.75) is 47.1 Å². The smallest absolute Gasteiger partial charge is 0.227 e. The van der Waals surface area contributed by atoms with Crippen molar-refractivity contribution >= 4 is 5.91 Å². The molecule has 0 radical (unpaired) electrons. The lowest BCUT2D eigenvalue weighted by Gasteiger charge is -2.39. The van der Waals surface area contributed by atoms with Gasteiger partial charge in [-0.1, -0.05) is 23.8 Å². The molecule has 1 heterocycles. The fourth-order valence-corrected chi connectivity index (χ4v) is 3.25. The average molecular weight is 288 g/mol. The van der Waals surface area contributed by atoms with Crippen LogP contribution in [-0.4, -0.2) is 30.4 Å². The average Bonchev–Trinajstić information content (AvgIpc) is 2.43. The Bertz CT molecular complexity index is 512. The Morgan fingerprint density at radius 3 is 2.86 bits per heavy atom. The minimum atomic E-state index is -0.244. The third-order valence-electron chi connectivity index (χ3n) is 4.56. The lowest BCUT2D eigenvalue weighted by atomic mass is 9.80. The monoisotopic (exact) mass is 288 g/mol. The fourth-order valence-electron chi connectivity index (χ4n) is 3.25. The van der Waals surface area contributed by atoms with Gasteiger partial charge in [0.25, 0.3) is 0 Å². The number of aryl methyl sites for hydroxylation is 2. The Balaban J connectivity index is 2.07. The molecule has 3 nitrogen and oxygen atoms in total. The second kappa shape index (κ2) is 6.61. The zero-order valence-electron chi connectivity index (χ0n) is 13.8. The summed E-state index contributed by atoms with van der Waals surface area (Å²) in [5.74, 6) is 0.204. The number of hydrogen-bond acceptors (Lipinski definition) is 2. The van der Waals surface area contributed by atoms with E-state index in [2.05, 4.69) is 49.2 Å². The van der Waals surface area contributed by atoms with E-state index in [1.165, 1.54) is 16.7 Å². The Labute approximate surface area is 128 Å². The number of rotatable bonds is 4. The molecule has 1 amide bonds. The van der Waals surface area contributed by atoms with Crippen molar-refractivity contribution in [1.82, 2.24) is 10.2 Å². The Morgan fingerprint density at radius 2 is 2.14 bits per heavy atom. The number of piperidine rings is 1. The number of amides is 1. The SMILES string of the molecule is CCNC(=O)C1(C)CCCN(Cc2cc(C)ccc2C)C1. The summed E-state index contributed by atoms with van der Waals surface area (Å²) in [5, 5.41) is 3.00. The van der Waals surface area contributed by atoms with Crippen LogP contribution in [0, 0.1) is 19.3 Å². The number of hydrogen-bond donors (Lipinski definition) is 1. The van der Waals surface area contributed by atoms with Gasteiger partial charge in [0.15, 0.2) is 0 Å². The van der Waals surface area contributed by atoms with E-state index in [0.717, 1.165) is 32.5 Å². The van der Waals surface area contributed by atoms with E-state index in [-0.39, 0.29) is 11.3 Å². The summed E-state index contributed by atoms with van der Waals surface area (Å²) in [6, 6.07) is 6.62. The third kappa shape index (κ3) is 3.85. The second-order valence-electron chi connectivity index (χ2n) is 6.66. The predicted octanol–water partition coefficient (Wildman–Crippen LogP) is 3.04. The third-order valence-corrected chi connectivity index (χ3v) is 4.56. The molecule has 3 heteroatoms. The Kier molecular flexibility index (Phi) is 5.04. The van der Waals surface area contributed by atoms with E-state index < -0.39 is 0 Å². The van der Waals surface area contributed by atoms with Gasteiger partial charge in [-0.3, -0.25) is 9.69 Å². The summed E-state index contributed by atoms with van der Waals surface area (Å²) in [5.41, 5.74) is 3.78. The van der Waals surface area contributed by atoms with Gasteiger partial charge in [0.2, 0.25) is 5.91 Å². The van der Waals surface area contributed by atoms with E-state index in [0.29, 0.717) is 6.54 Å². The highest BCUT2D eigenvalue weighted by Crippen LogP contribution is 2.30. The molecule has 116 valence electrons. The summed E-state index contributed by atoms with van der Waals surface area (Å²) >= 11 is 0. The van der Waals surface area contributed by atoms with Gasteiger partial charge in [-0.2, -0.15) is 0 Å². The highest BCUT2D eigenvalue weighted by Gasteiger charge is 2.37. The first-order chi connectivity index (χ1) is 9.94. The summed E-state index contributed by atoms with van der Waals surface area (Å²) < 4.78 is 0. The molecule has 1 N–H and O–H groups in total. The van der Waals surface area contributed by atoms with Crippen LogP contribution < -0.4 is 5.32 Å². The first-order valence-corrected chi connectivity index (χ1v) is 8.01. The van der Waals surface area contributed by atoms with Gasteiger partial charge in [0, 0.05) is 19.6 Å². The van der Waals surface area contributed by atoms with Crippen LogP contribution in [0.1, 0.15) is 43.4 Å². The summed E-state index contributed by atoms with van der Waals surface area (Å²) in [7, 11) is 0. The van der Waals surface area contributed by atoms with Gasteiger partial charge in [-0.05, 0) is 58.2 Å². The summed E-state index contributed by atoms with van der Waals surface area (Å²) in [6.07, 6.45) is 2.08. The van der Waals surface area contributed by atoms with E-state index in [1.807, 2.05) is 6.92 Å². The molecule has 2 rings (SSSR count). The lowest BCUT2D eigenvalue weighted by Crippen LogP contribution is -2.50. The zero-order valence-corrected chi connectivity index (χ0v) is 13.8. The van der Waals surface area contributed by atoms with Crippen LogP contribution >= 0.6 is 0 Å². The van der Waals surface area contributed by atoms with Gasteiger partial charge >= 0.3 is 0 Å². The Morgan fingerprint density at radius 1 is 1.38 bits per heavy atom. The van der Waals surface area contributed by atoms with Gasteiger partial charge in [0.1, 0.15) is 0 Å². The van der Waals surface area contributed by atoms with Crippen molar-refractivity contribution < 1.29 is 4.79 Å². The molecule has 1 aliphatic rings. The number of likely N-dealkylation sites (tertiary alicyclic amines) is 1. The van der Waals surface area contributed by atoms with E-state index in [4.69, 9.17) is 0 Å². The number of carbonyl (C=O) groups is 1. The second-order valence-corrected chi connectivity index (χ2v) is 6.66. The molecular formula is C18H28N2O. The molecule has 1 aromatic rings. The molecule has 0 aliphatic carbocycles. The molecule has 21 heavy (non-hydrogen) atoms. The normalized spacial score (nSPS) is 23.0. The molecule has 0 bridgehead atoms. The highest BCUT2D eigenvalue weighted by molar-refractivity contribution is 5.82. The molecule has 0 spiro atoms. The van der Waals surface area contributed by atoms with E-state index in [1.54, 1.807) is 0 Å². The van der Waals surface area contributed by atoms with Crippen LogP contribution in [0.25, 0.3) is 0 Å². The standard InChI is InChI=1S/C18H28N2O/c1-5-19-17(21)18(4)9-6-10-20(13-18)12-16-11-14(2)7-8-15(16)3/h7-8,11H,5-6,9-10,12-13H2,1-4H3,(H,19,21). The maximum atomic E-state index is 12.3. The molecular weight excluding hydrogens is 260 g/mol. The quantitative estimate of drug-likeness (QED) is 0.923. The zero-order chi connectivity index (χ0) is 15.5. The largest absolute Gasteiger partial charge is 0.356 e. The first kappa shape index (κ1) is 16.0. The first-order valence-electron chi connectivity index (χ1n) is 8.01. The predicted molar refractivity (Wildman–Crippen MR) is 87.2 cm³/mol. The van der Waals surface area contributed by atoms with Crippen LogP contribution in [0.5, 0.6) is 0 Å². The lowest BCUT2D eigenvalue weighted by molar-refractivity contribution is -0.133. The van der Waals surface area contributed by atoms with Crippen molar-refractivity contribution in [1.29, 1.82) is 0 Å². The molecule has 1 saturated heterocycles. The van der Waals surface area contributed by atoms with Gasteiger partial charge in [-0.15, -0.1) is 0 Å². The van der Waals surface area contributed by atoms with Crippen molar-refractivity contribution in [2.24, 2.45) is 5.41 Å². The molecule has 0 aromatic heterocycles. The number of nitrogens with one attached hydrogen (secondary N) is 1. The van der Waals surface area contributed by atoms with Gasteiger partial charge in [0.05, 0.1) is 5.41 Å². The van der Waals surface area contributed by atoms with Crippen LogP contribution in [0.2, 0.25) is 0 Å². The van der Waals surface area contributed by atoms with E-state index in [9.17, 15) is 4.79 Å². The van der Waals surface area contributed by atoms with Crippen LogP contribution in [0.3, 0.4) is 0 Å². The van der Waals surface area contributed by atoms with E-state index >= 15 is 0 Å². The van der Waals surface area contributed by atoms with Crippen LogP contribution in [0.4, 0.5) is 0 Å². The minimum Gasteiger partial charge on any atom is -0.356 e. The van der Waals surface area contributed by atoms with Crippen molar-refractivity contribution in [3.8, 4) is 0 Å². The minimum absolute atomic E-state index is 0.204. The summed E-state index contributed by atoms with van der Waals surface area (Å²) in [6.45, 7) is 12.0. The van der Waals surface area contributed by atoms with Crippen molar-refractivity contribution in [3.05, 3.63) is 34.9 Å². The maximum absolute atomic E-state index is 12.3. The molecule has 1 aromatic carbocycles. The molecule has 0 saturated carbocycles. The highest BCUT2D eigenvalue weighted by atomic mass is 16.2. The number of carbonyl (C=O) groups excluding carboxylic acids is 1. The van der Waals surface area contributed by atoms with Gasteiger partial charge in [-0.25, -0.2) is 0 Å². The van der Waals surface area contributed by atoms with Crippen LogP contribution in [0.15, 0.2) is 18.2 Å². The number of benzene rings is 1. The Hall–Kier alpha value is -1.35. The molecule has 1 aliphatic heterocycles. The molecule has 1 atom stereocenters. The van der Waals surface area contributed by atoms with Crippen molar-refractivity contribution in [2.75, 3.05) is 19.6 Å². The number of nitrogens with zero attached hydrogens (tertiary/aromatic N) is 1. The fraction of sp³-hybridized carbons (Fsp3) is 0.611. The molecule has 1 unspecified atom stereocenters. The van der Waals surface area contributed by atoms with Crippen molar-refractivity contribution in [3.63, 3.8) is 0 Å². The molecule has 1 fully saturated rings. The van der Waals surface area contributed by atoms with Gasteiger partial charge < -0.3 is 5.32 Å². The summed E-state index contributed by atoms with van der Waals surface area (Å²) in [4.78, 5) is 14.7. The van der Waals surface area contributed by atoms with Crippen LogP contribution in [-0.2, 0) is 11.3 Å².